The lowest BCUT2D eigenvalue weighted by atomic mass is 9.86. The summed E-state index contributed by atoms with van der Waals surface area (Å²) in [6.45, 7) is 16.7. The van der Waals surface area contributed by atoms with Gasteiger partial charge in [0, 0.05) is 35.6 Å². The van der Waals surface area contributed by atoms with Crippen molar-refractivity contribution < 1.29 is 19.7 Å². The molecule has 0 unspecified atom stereocenters. The largest absolute Gasteiger partial charge is 0.508 e. The first-order chi connectivity index (χ1) is 20.4. The zero-order valence-corrected chi connectivity index (χ0v) is 27.2. The Morgan fingerprint density at radius 3 is 2.05 bits per heavy atom. The van der Waals surface area contributed by atoms with Gasteiger partial charge in [0.25, 0.3) is 0 Å². The van der Waals surface area contributed by atoms with Crippen LogP contribution in [-0.2, 0) is 12.8 Å². The van der Waals surface area contributed by atoms with E-state index in [1.165, 1.54) is 16.0 Å². The molecular formula is C37H52N2O4. The molecule has 0 saturated heterocycles. The van der Waals surface area contributed by atoms with Crippen LogP contribution in [-0.4, -0.2) is 63.4 Å². The van der Waals surface area contributed by atoms with E-state index in [2.05, 4.69) is 62.9 Å². The van der Waals surface area contributed by atoms with Gasteiger partial charge >= 0.3 is 6.09 Å². The maximum atomic E-state index is 11.6. The molecule has 0 heterocycles. The van der Waals surface area contributed by atoms with Gasteiger partial charge in [-0.1, -0.05) is 54.6 Å². The number of nitrogens with zero attached hydrogens (tertiary/aromatic N) is 2. The number of aromatic hydroxyl groups is 1. The van der Waals surface area contributed by atoms with Gasteiger partial charge in [-0.25, -0.2) is 4.79 Å². The quantitative estimate of drug-likeness (QED) is 0.175. The van der Waals surface area contributed by atoms with Gasteiger partial charge in [-0.2, -0.15) is 0 Å². The van der Waals surface area contributed by atoms with Crippen molar-refractivity contribution in [2.75, 3.05) is 19.7 Å². The van der Waals surface area contributed by atoms with E-state index in [-0.39, 0.29) is 5.92 Å². The van der Waals surface area contributed by atoms with Gasteiger partial charge < -0.3 is 19.8 Å². The van der Waals surface area contributed by atoms with Crippen LogP contribution >= 0.6 is 0 Å². The van der Waals surface area contributed by atoms with Crippen LogP contribution in [0.5, 0.6) is 11.5 Å². The van der Waals surface area contributed by atoms with E-state index in [0.717, 1.165) is 42.7 Å². The van der Waals surface area contributed by atoms with Crippen molar-refractivity contribution in [2.24, 2.45) is 0 Å². The molecule has 0 radical (unpaired) electrons. The van der Waals surface area contributed by atoms with Crippen molar-refractivity contribution in [3.8, 4) is 11.5 Å². The number of rotatable bonds is 15. The highest BCUT2D eigenvalue weighted by Crippen LogP contribution is 2.35. The summed E-state index contributed by atoms with van der Waals surface area (Å²) in [7, 11) is 0. The van der Waals surface area contributed by atoms with Gasteiger partial charge in [0.1, 0.15) is 11.5 Å². The van der Waals surface area contributed by atoms with Gasteiger partial charge in [0.2, 0.25) is 0 Å². The summed E-state index contributed by atoms with van der Waals surface area (Å²) in [5.74, 6) is 1.27. The minimum absolute atomic E-state index is 0.113. The Kier molecular flexibility index (Phi) is 12.5. The van der Waals surface area contributed by atoms with Gasteiger partial charge in [0.15, 0.2) is 0 Å². The Bertz CT molecular complexity index is 1260. The summed E-state index contributed by atoms with van der Waals surface area (Å²) < 4.78 is 6.02. The maximum absolute atomic E-state index is 11.6. The lowest BCUT2D eigenvalue weighted by molar-refractivity contribution is 0.101. The van der Waals surface area contributed by atoms with Crippen LogP contribution in [0.3, 0.4) is 0 Å². The standard InChI is InChI=1S/C37H52N2O4/c1-27(2)38(28(3)4)23-22-33(31-13-9-8-10-14-31)34-26-30(17-20-35(34)40)12-11-25-43-32-18-15-29(16-19-32)21-24-39(36(41)42)37(5,6)7/h8-10,13-20,26-28,33,40H,11-12,21-25H2,1-7H3,(H,41,42)/t33-/m1/s1. The Balaban J connectivity index is 1.60. The first-order valence-corrected chi connectivity index (χ1v) is 15.7. The second kappa shape index (κ2) is 15.8. The lowest BCUT2D eigenvalue weighted by Gasteiger charge is -2.33. The highest BCUT2D eigenvalue weighted by atomic mass is 16.5. The van der Waals surface area contributed by atoms with Crippen LogP contribution in [0.25, 0.3) is 0 Å². The molecule has 0 fully saturated rings. The molecule has 3 aromatic carbocycles. The molecule has 1 amide bonds. The van der Waals surface area contributed by atoms with Gasteiger partial charge in [0.05, 0.1) is 6.61 Å². The van der Waals surface area contributed by atoms with Gasteiger partial charge in [-0.15, -0.1) is 0 Å². The van der Waals surface area contributed by atoms with Crippen LogP contribution in [0.15, 0.2) is 72.8 Å². The van der Waals surface area contributed by atoms with Crippen molar-refractivity contribution in [3.63, 3.8) is 0 Å². The summed E-state index contributed by atoms with van der Waals surface area (Å²) in [5.41, 5.74) is 4.05. The second-order valence-corrected chi connectivity index (χ2v) is 13.0. The first-order valence-electron chi connectivity index (χ1n) is 15.7. The summed E-state index contributed by atoms with van der Waals surface area (Å²) in [6.07, 6.45) is 2.41. The smallest absolute Gasteiger partial charge is 0.407 e. The monoisotopic (exact) mass is 588 g/mol. The molecule has 0 aliphatic rings. The minimum atomic E-state index is -0.896. The van der Waals surface area contributed by atoms with Gasteiger partial charge in [-0.05, 0) is 116 Å². The third-order valence-electron chi connectivity index (χ3n) is 8.14. The first kappa shape index (κ1) is 34.0. The molecule has 2 N–H and O–H groups in total. The number of amides is 1. The van der Waals surface area contributed by atoms with Crippen molar-refractivity contribution in [1.82, 2.24) is 9.80 Å². The maximum Gasteiger partial charge on any atom is 0.407 e. The number of hydrogen-bond donors (Lipinski definition) is 2. The average molecular weight is 589 g/mol. The molecule has 3 rings (SSSR count). The van der Waals surface area contributed by atoms with E-state index in [0.29, 0.717) is 37.4 Å². The van der Waals surface area contributed by atoms with E-state index in [9.17, 15) is 15.0 Å². The average Bonchev–Trinajstić information content (AvgIpc) is 2.94. The molecule has 234 valence electrons. The van der Waals surface area contributed by atoms with E-state index >= 15 is 0 Å². The molecule has 0 aromatic heterocycles. The number of phenolic OH excluding ortho intramolecular Hbond substituents is 1. The van der Waals surface area contributed by atoms with Crippen LogP contribution in [0.4, 0.5) is 4.79 Å². The number of ether oxygens (including phenoxy) is 1. The van der Waals surface area contributed by atoms with Crippen LogP contribution in [0, 0.1) is 0 Å². The Hall–Kier alpha value is -3.51. The molecule has 6 heteroatoms. The van der Waals surface area contributed by atoms with Crippen LogP contribution in [0.1, 0.15) is 89.5 Å². The molecule has 3 aromatic rings. The fraction of sp³-hybridized carbons (Fsp3) is 0.486. The number of benzene rings is 3. The molecule has 0 aliphatic heterocycles. The highest BCUT2D eigenvalue weighted by molar-refractivity contribution is 5.66. The number of carbonyl (C=O) groups is 1. The van der Waals surface area contributed by atoms with E-state index in [1.807, 2.05) is 63.2 Å². The topological polar surface area (TPSA) is 73.2 Å². The fourth-order valence-electron chi connectivity index (χ4n) is 5.79. The zero-order chi connectivity index (χ0) is 31.6. The normalized spacial score (nSPS) is 12.6. The molecule has 0 aliphatic carbocycles. The predicted molar refractivity (Wildman–Crippen MR) is 176 cm³/mol. The van der Waals surface area contributed by atoms with Crippen LogP contribution in [0.2, 0.25) is 0 Å². The van der Waals surface area contributed by atoms with E-state index in [4.69, 9.17) is 4.74 Å². The second-order valence-electron chi connectivity index (χ2n) is 13.0. The van der Waals surface area contributed by atoms with Crippen molar-refractivity contribution in [3.05, 3.63) is 95.1 Å². The number of hydrogen-bond acceptors (Lipinski definition) is 4. The summed E-state index contributed by atoms with van der Waals surface area (Å²) in [5, 5.41) is 20.5. The van der Waals surface area contributed by atoms with E-state index < -0.39 is 11.6 Å². The third kappa shape index (κ3) is 10.3. The molecule has 6 nitrogen and oxygen atoms in total. The molecular weight excluding hydrogens is 536 g/mol. The number of carboxylic acid groups (broad SMARTS) is 1. The van der Waals surface area contributed by atoms with E-state index in [1.54, 1.807) is 0 Å². The molecule has 43 heavy (non-hydrogen) atoms. The minimum Gasteiger partial charge on any atom is -0.508 e. The van der Waals surface area contributed by atoms with Crippen molar-refractivity contribution in [2.45, 2.75) is 97.7 Å². The number of aryl methyl sites for hydroxylation is 1. The molecule has 0 spiro atoms. The summed E-state index contributed by atoms with van der Waals surface area (Å²) in [6, 6.07) is 25.4. The SMILES string of the molecule is CC(C)N(CC[C@H](c1ccccc1)c1cc(CCCOc2ccc(CCN(C(=O)O)C(C)(C)C)cc2)ccc1O)C(C)C. The fourth-order valence-corrected chi connectivity index (χ4v) is 5.79. The number of phenols is 1. The van der Waals surface area contributed by atoms with Crippen LogP contribution < -0.4 is 4.74 Å². The lowest BCUT2D eigenvalue weighted by Crippen LogP contribution is -2.45. The summed E-state index contributed by atoms with van der Waals surface area (Å²) >= 11 is 0. The Morgan fingerprint density at radius 1 is 0.837 bits per heavy atom. The Morgan fingerprint density at radius 2 is 1.47 bits per heavy atom. The third-order valence-corrected chi connectivity index (χ3v) is 8.14. The van der Waals surface area contributed by atoms with Crippen molar-refractivity contribution >= 4 is 6.09 Å². The highest BCUT2D eigenvalue weighted by Gasteiger charge is 2.25. The van der Waals surface area contributed by atoms with Gasteiger partial charge in [-0.3, -0.25) is 4.90 Å². The predicted octanol–water partition coefficient (Wildman–Crippen LogP) is 8.37. The molecule has 1 atom stereocenters. The molecule has 0 saturated carbocycles. The molecule has 0 bridgehead atoms. The van der Waals surface area contributed by atoms with Crippen molar-refractivity contribution in [1.29, 1.82) is 0 Å². The summed E-state index contributed by atoms with van der Waals surface area (Å²) in [4.78, 5) is 15.6. The Labute approximate surface area is 259 Å². The zero-order valence-electron chi connectivity index (χ0n) is 27.2.